The first kappa shape index (κ1) is 27.0. The smallest absolute Gasteiger partial charge is 0.387 e. The topological polar surface area (TPSA) is 70.0 Å². The minimum atomic E-state index is -2.95. The second kappa shape index (κ2) is 11.4. The highest BCUT2D eigenvalue weighted by Gasteiger charge is 2.28. The first-order valence-electron chi connectivity index (χ1n) is 11.6. The maximum atomic E-state index is 12.8. The van der Waals surface area contributed by atoms with Crippen LogP contribution in [0.4, 0.5) is 8.78 Å². The molecule has 1 fully saturated rings. The summed E-state index contributed by atoms with van der Waals surface area (Å²) in [6.07, 6.45) is 3.39. The number of rotatable bonds is 13. The monoisotopic (exact) mass is 515 g/mol. The van der Waals surface area contributed by atoms with E-state index in [0.717, 1.165) is 25.3 Å². The molecule has 190 valence electrons. The standard InChI is InChI=1S/C24H35F2NO5SSi/c1-24(2,30-15-29-11-12-34(3,4)5)22-27-14-20(33-22)21(28)16-9-10-18(32-23(25)26)19(13-16)31-17-7-6-8-17/h9-10,13-14,17,21,23,28H,6-8,11-12,15H2,1-5H3. The predicted octanol–water partition coefficient (Wildman–Crippen LogP) is 6.32. The number of aliphatic hydroxyl groups excluding tert-OH is 1. The first-order chi connectivity index (χ1) is 15.9. The fourth-order valence-electron chi connectivity index (χ4n) is 3.19. The van der Waals surface area contributed by atoms with Crippen molar-refractivity contribution in [2.45, 2.75) is 83.2 Å². The molecule has 1 saturated carbocycles. The summed E-state index contributed by atoms with van der Waals surface area (Å²) in [7, 11) is -1.16. The van der Waals surface area contributed by atoms with Crippen LogP contribution >= 0.6 is 11.3 Å². The number of benzene rings is 1. The lowest BCUT2D eigenvalue weighted by atomic mass is 9.96. The molecule has 0 aliphatic heterocycles. The van der Waals surface area contributed by atoms with Crippen molar-refractivity contribution < 1.29 is 32.8 Å². The number of aromatic nitrogens is 1. The average molecular weight is 516 g/mol. The van der Waals surface area contributed by atoms with Gasteiger partial charge in [-0.05, 0) is 56.9 Å². The van der Waals surface area contributed by atoms with E-state index < -0.39 is 26.4 Å². The van der Waals surface area contributed by atoms with Crippen LogP contribution in [0.3, 0.4) is 0 Å². The van der Waals surface area contributed by atoms with Crippen molar-refractivity contribution in [2.75, 3.05) is 13.4 Å². The van der Waals surface area contributed by atoms with Gasteiger partial charge >= 0.3 is 6.61 Å². The second-order valence-corrected chi connectivity index (χ2v) is 16.9. The van der Waals surface area contributed by atoms with Crippen LogP contribution in [0.5, 0.6) is 11.5 Å². The van der Waals surface area contributed by atoms with Gasteiger partial charge in [0.15, 0.2) is 11.5 Å². The molecular formula is C24H35F2NO5SSi. The lowest BCUT2D eigenvalue weighted by Crippen LogP contribution is -2.25. The summed E-state index contributed by atoms with van der Waals surface area (Å²) in [5, 5.41) is 11.7. The number of halogens is 2. The van der Waals surface area contributed by atoms with Crippen molar-refractivity contribution in [3.8, 4) is 11.5 Å². The van der Waals surface area contributed by atoms with E-state index in [2.05, 4.69) is 29.4 Å². The number of thiazole rings is 1. The fourth-order valence-corrected chi connectivity index (χ4v) is 4.94. The summed E-state index contributed by atoms with van der Waals surface area (Å²) in [6.45, 7) is 8.59. The highest BCUT2D eigenvalue weighted by molar-refractivity contribution is 7.11. The molecule has 2 aromatic rings. The van der Waals surface area contributed by atoms with Gasteiger partial charge in [0.25, 0.3) is 0 Å². The van der Waals surface area contributed by atoms with E-state index >= 15 is 0 Å². The lowest BCUT2D eigenvalue weighted by Gasteiger charge is -2.27. The Morgan fingerprint density at radius 3 is 2.56 bits per heavy atom. The third kappa shape index (κ3) is 7.71. The molecule has 1 aromatic carbocycles. The zero-order valence-electron chi connectivity index (χ0n) is 20.5. The molecule has 1 aliphatic carbocycles. The van der Waals surface area contributed by atoms with Crippen LogP contribution < -0.4 is 9.47 Å². The van der Waals surface area contributed by atoms with Crippen molar-refractivity contribution in [2.24, 2.45) is 0 Å². The minimum Gasteiger partial charge on any atom is -0.487 e. The molecule has 1 aliphatic rings. The number of ether oxygens (including phenoxy) is 4. The second-order valence-electron chi connectivity index (χ2n) is 10.2. The normalized spacial score (nSPS) is 15.9. The van der Waals surface area contributed by atoms with Gasteiger partial charge in [0, 0.05) is 20.9 Å². The average Bonchev–Trinajstić information content (AvgIpc) is 3.21. The van der Waals surface area contributed by atoms with E-state index in [1.165, 1.54) is 17.4 Å². The molecule has 1 heterocycles. The van der Waals surface area contributed by atoms with Gasteiger partial charge in [-0.1, -0.05) is 25.7 Å². The Kier molecular flexibility index (Phi) is 9.08. The van der Waals surface area contributed by atoms with Crippen LogP contribution in [0.15, 0.2) is 24.4 Å². The van der Waals surface area contributed by atoms with Gasteiger partial charge in [-0.2, -0.15) is 8.78 Å². The highest BCUT2D eigenvalue weighted by Crippen LogP contribution is 2.38. The molecule has 1 N–H and O–H groups in total. The third-order valence-electron chi connectivity index (χ3n) is 5.65. The molecule has 0 bridgehead atoms. The van der Waals surface area contributed by atoms with Crippen LogP contribution in [-0.2, 0) is 15.1 Å². The van der Waals surface area contributed by atoms with E-state index in [4.69, 9.17) is 14.2 Å². The quantitative estimate of drug-likeness (QED) is 0.191. The number of hydrogen-bond acceptors (Lipinski definition) is 7. The molecular weight excluding hydrogens is 480 g/mol. The SMILES string of the molecule is CC(C)(OCOCC[Si](C)(C)C)c1ncc(C(O)c2ccc(OC(F)F)c(OC3CCC3)c2)s1. The largest absolute Gasteiger partial charge is 0.487 e. The zero-order valence-corrected chi connectivity index (χ0v) is 22.3. The Balaban J connectivity index is 1.66. The highest BCUT2D eigenvalue weighted by atomic mass is 32.1. The first-order valence-corrected chi connectivity index (χ1v) is 16.1. The van der Waals surface area contributed by atoms with Gasteiger partial charge in [0.2, 0.25) is 0 Å². The number of nitrogens with zero attached hydrogens (tertiary/aromatic N) is 1. The van der Waals surface area contributed by atoms with Crippen LogP contribution in [0, 0.1) is 0 Å². The van der Waals surface area contributed by atoms with Crippen molar-refractivity contribution >= 4 is 19.4 Å². The molecule has 6 nitrogen and oxygen atoms in total. The lowest BCUT2D eigenvalue weighted by molar-refractivity contribution is -0.129. The number of aliphatic hydroxyl groups is 1. The van der Waals surface area contributed by atoms with Crippen LogP contribution in [0.1, 0.15) is 54.7 Å². The van der Waals surface area contributed by atoms with E-state index in [1.807, 2.05) is 13.8 Å². The molecule has 0 amide bonds. The maximum absolute atomic E-state index is 12.8. The summed E-state index contributed by atoms with van der Waals surface area (Å²) in [5.41, 5.74) is -0.172. The summed E-state index contributed by atoms with van der Waals surface area (Å²) in [5.74, 6) is 0.178. The van der Waals surface area contributed by atoms with Crippen molar-refractivity contribution in [3.63, 3.8) is 0 Å². The fraction of sp³-hybridized carbons (Fsp3) is 0.625. The zero-order chi connectivity index (χ0) is 24.9. The molecule has 1 aromatic heterocycles. The summed E-state index contributed by atoms with van der Waals surface area (Å²) < 4.78 is 47.6. The van der Waals surface area contributed by atoms with E-state index in [0.29, 0.717) is 22.1 Å². The Morgan fingerprint density at radius 1 is 1.21 bits per heavy atom. The molecule has 0 radical (unpaired) electrons. The molecule has 1 atom stereocenters. The predicted molar refractivity (Wildman–Crippen MR) is 131 cm³/mol. The molecule has 1 unspecified atom stereocenters. The number of hydrogen-bond donors (Lipinski definition) is 1. The molecule has 34 heavy (non-hydrogen) atoms. The van der Waals surface area contributed by atoms with E-state index in [9.17, 15) is 13.9 Å². The Hall–Kier alpha value is -1.59. The molecule has 0 spiro atoms. The van der Waals surface area contributed by atoms with Crippen molar-refractivity contribution in [3.05, 3.63) is 39.8 Å². The maximum Gasteiger partial charge on any atom is 0.387 e. The minimum absolute atomic E-state index is 0.0201. The van der Waals surface area contributed by atoms with Gasteiger partial charge in [0.05, 0.1) is 11.0 Å². The van der Waals surface area contributed by atoms with Crippen molar-refractivity contribution in [1.82, 2.24) is 4.98 Å². The number of alkyl halides is 2. The van der Waals surface area contributed by atoms with E-state index in [-0.39, 0.29) is 24.4 Å². The Labute approximate surface area is 205 Å². The summed E-state index contributed by atoms with van der Waals surface area (Å²) in [4.78, 5) is 5.07. The van der Waals surface area contributed by atoms with E-state index in [1.54, 1.807) is 18.3 Å². The van der Waals surface area contributed by atoms with Crippen LogP contribution in [0.2, 0.25) is 25.7 Å². The van der Waals surface area contributed by atoms with Crippen molar-refractivity contribution in [1.29, 1.82) is 0 Å². The van der Waals surface area contributed by atoms with Gasteiger partial charge in [-0.25, -0.2) is 4.98 Å². The molecule has 10 heteroatoms. The molecule has 3 rings (SSSR count). The van der Waals surface area contributed by atoms with Crippen LogP contribution in [0.25, 0.3) is 0 Å². The summed E-state index contributed by atoms with van der Waals surface area (Å²) >= 11 is 1.33. The van der Waals surface area contributed by atoms with Gasteiger partial charge in [-0.3, -0.25) is 0 Å². The Bertz CT molecular complexity index is 930. The Morgan fingerprint density at radius 2 is 1.94 bits per heavy atom. The van der Waals surface area contributed by atoms with Crippen LogP contribution in [-0.4, -0.2) is 44.3 Å². The van der Waals surface area contributed by atoms with Gasteiger partial charge in [0.1, 0.15) is 23.5 Å². The van der Waals surface area contributed by atoms with Gasteiger partial charge < -0.3 is 24.1 Å². The summed E-state index contributed by atoms with van der Waals surface area (Å²) in [6, 6.07) is 5.60. The molecule has 0 saturated heterocycles. The third-order valence-corrected chi connectivity index (χ3v) is 8.71. The van der Waals surface area contributed by atoms with Gasteiger partial charge in [-0.15, -0.1) is 11.3 Å².